The zero-order valence-corrected chi connectivity index (χ0v) is 15.4. The number of aliphatic carboxylic acids is 1. The number of ether oxygens (including phenoxy) is 3. The van der Waals surface area contributed by atoms with Crippen molar-refractivity contribution in [2.45, 2.75) is 6.11 Å². The van der Waals surface area contributed by atoms with Gasteiger partial charge in [-0.05, 0) is 0 Å². The topological polar surface area (TPSA) is 65.0 Å². The van der Waals surface area contributed by atoms with Crippen LogP contribution in [0.3, 0.4) is 0 Å². The van der Waals surface area contributed by atoms with Crippen LogP contribution >= 0.6 is 0 Å². The summed E-state index contributed by atoms with van der Waals surface area (Å²) in [6.45, 7) is -5.10. The monoisotopic (exact) mass is 438 g/mol. The molecule has 0 aromatic heterocycles. The van der Waals surface area contributed by atoms with E-state index in [-0.39, 0.29) is 17.6 Å². The van der Waals surface area contributed by atoms with E-state index in [1.54, 1.807) is 0 Å². The van der Waals surface area contributed by atoms with Crippen molar-refractivity contribution < 1.29 is 59.3 Å². The van der Waals surface area contributed by atoms with Gasteiger partial charge in [-0.15, -0.1) is 0 Å². The van der Waals surface area contributed by atoms with Gasteiger partial charge in [0, 0.05) is 0 Å². The van der Waals surface area contributed by atoms with E-state index in [2.05, 4.69) is 9.47 Å². The third-order valence-electron chi connectivity index (χ3n) is 3.46. The minimum Gasteiger partial charge on any atom is -0.481 e. The molecule has 0 heterocycles. The molecule has 1 aromatic carbocycles. The highest BCUT2D eigenvalue weighted by molar-refractivity contribution is 5.67. The van der Waals surface area contributed by atoms with Crippen LogP contribution in [0.5, 0.6) is 11.5 Å². The number of carbonyl (C=O) groups is 1. The summed E-state index contributed by atoms with van der Waals surface area (Å²) in [5, 5.41) is 8.74. The number of halogens is 7. The second kappa shape index (κ2) is 9.96. The van der Waals surface area contributed by atoms with Crippen LogP contribution in [0.4, 0.5) is 30.7 Å². The van der Waals surface area contributed by atoms with E-state index in [0.717, 1.165) is 0 Å². The minimum atomic E-state index is -4.17. The number of likely N-dealkylation sites (N-methyl/N-ethyl adjacent to an activating group) is 1. The van der Waals surface area contributed by atoms with Crippen LogP contribution in [0.2, 0.25) is 0 Å². The summed E-state index contributed by atoms with van der Waals surface area (Å²) >= 11 is 0. The normalized spacial score (nSPS) is 12.2. The van der Waals surface area contributed by atoms with Crippen LogP contribution in [0.15, 0.2) is 0 Å². The maximum absolute atomic E-state index is 14.0. The summed E-state index contributed by atoms with van der Waals surface area (Å²) in [7, 11) is 2.93. The number of rotatable bonds is 12. The number of hydrogen-bond donors (Lipinski definition) is 1. The number of nitrogens with zero attached hydrogens (tertiary/aromatic N) is 1. The Morgan fingerprint density at radius 2 is 1.45 bits per heavy atom. The molecule has 0 fully saturated rings. The van der Waals surface area contributed by atoms with Gasteiger partial charge in [0.05, 0.1) is 20.7 Å². The van der Waals surface area contributed by atoms with Crippen molar-refractivity contribution in [2.75, 3.05) is 53.7 Å². The molecule has 1 rings (SSSR count). The maximum Gasteiger partial charge on any atom is 0.389 e. The first-order valence-electron chi connectivity index (χ1n) is 8.04. The number of alkyl halides is 3. The van der Waals surface area contributed by atoms with E-state index in [1.165, 1.54) is 14.1 Å². The maximum atomic E-state index is 14.0. The Bertz CT molecular complexity index is 701. The molecule has 0 spiro atoms. The smallest absolute Gasteiger partial charge is 0.389 e. The van der Waals surface area contributed by atoms with Crippen molar-refractivity contribution in [3.05, 3.63) is 23.3 Å². The Hall–Kier alpha value is -2.28. The van der Waals surface area contributed by atoms with Gasteiger partial charge >= 0.3 is 12.1 Å². The van der Waals surface area contributed by atoms with Gasteiger partial charge in [0.25, 0.3) is 0 Å². The molecule has 6 nitrogen and oxygen atoms in total. The van der Waals surface area contributed by atoms with Crippen LogP contribution in [0, 0.1) is 23.3 Å². The summed E-state index contributed by atoms with van der Waals surface area (Å²) in [6, 6.07) is 0. The fourth-order valence-corrected chi connectivity index (χ4v) is 2.07. The number of carboxylic acid groups (broad SMARTS) is 1. The average Bonchev–Trinajstić information content (AvgIpc) is 2.60. The van der Waals surface area contributed by atoms with E-state index in [9.17, 15) is 35.5 Å². The molecule has 1 N–H and O–H groups in total. The Morgan fingerprint density at radius 3 is 1.90 bits per heavy atom. The Morgan fingerprint density at radius 1 is 0.966 bits per heavy atom. The molecule has 0 radical (unpaired) electrons. The van der Waals surface area contributed by atoms with Crippen LogP contribution in [0.25, 0.3) is 0 Å². The lowest BCUT2D eigenvalue weighted by Crippen LogP contribution is -2.46. The second-order valence-corrected chi connectivity index (χ2v) is 6.44. The lowest BCUT2D eigenvalue weighted by molar-refractivity contribution is -0.883. The first-order valence-corrected chi connectivity index (χ1v) is 8.04. The summed E-state index contributed by atoms with van der Waals surface area (Å²) in [5.41, 5.74) is 0. The molecule has 0 aliphatic carbocycles. The largest absolute Gasteiger partial charge is 0.481 e. The molecule has 29 heavy (non-hydrogen) atoms. The predicted molar refractivity (Wildman–Crippen MR) is 83.6 cm³/mol. The molecular weight excluding hydrogens is 419 g/mol. The summed E-state index contributed by atoms with van der Waals surface area (Å²) < 4.78 is 106. The van der Waals surface area contributed by atoms with E-state index in [1.807, 2.05) is 0 Å². The van der Waals surface area contributed by atoms with Gasteiger partial charge < -0.3 is 23.8 Å². The first-order chi connectivity index (χ1) is 13.3. The zero-order chi connectivity index (χ0) is 22.4. The molecule has 166 valence electrons. The van der Waals surface area contributed by atoms with Gasteiger partial charge in [-0.25, -0.2) is 9.18 Å². The van der Waals surface area contributed by atoms with Crippen molar-refractivity contribution in [3.8, 4) is 11.5 Å². The number of hydrogen-bond acceptors (Lipinski definition) is 4. The summed E-state index contributed by atoms with van der Waals surface area (Å²) in [6.07, 6.45) is -4.17. The van der Waals surface area contributed by atoms with E-state index in [4.69, 9.17) is 9.84 Å². The molecular formula is C16H19F7NO5+. The highest BCUT2D eigenvalue weighted by atomic mass is 19.3. The van der Waals surface area contributed by atoms with Crippen molar-refractivity contribution >= 4 is 5.97 Å². The summed E-state index contributed by atoms with van der Waals surface area (Å²) in [4.78, 5) is 10.7. The average molecular weight is 438 g/mol. The Balaban J connectivity index is 2.93. The quantitative estimate of drug-likeness (QED) is 0.309. The van der Waals surface area contributed by atoms with Crippen LogP contribution in [-0.4, -0.2) is 75.3 Å². The standard InChI is InChI=1S/C16H18F7NO5/c1-24(2,7-9(25)26)4-6-27-14-10(18)12(20)15(13(21)11(14)19)28-8-16(22,23)29-5-3-17/h3-8H2,1-2H3/p+1. The summed E-state index contributed by atoms with van der Waals surface area (Å²) in [5.74, 6) is -12.7. The molecule has 0 saturated heterocycles. The van der Waals surface area contributed by atoms with Gasteiger partial charge in [-0.1, -0.05) is 0 Å². The number of benzene rings is 1. The van der Waals surface area contributed by atoms with Gasteiger partial charge in [0.2, 0.25) is 23.3 Å². The van der Waals surface area contributed by atoms with Gasteiger partial charge in [-0.3, -0.25) is 0 Å². The van der Waals surface area contributed by atoms with Crippen molar-refractivity contribution in [1.82, 2.24) is 0 Å². The van der Waals surface area contributed by atoms with Crippen molar-refractivity contribution in [2.24, 2.45) is 0 Å². The Kier molecular flexibility index (Phi) is 8.50. The molecule has 13 heteroatoms. The van der Waals surface area contributed by atoms with E-state index >= 15 is 0 Å². The zero-order valence-electron chi connectivity index (χ0n) is 15.4. The molecule has 1 aromatic rings. The van der Waals surface area contributed by atoms with Crippen molar-refractivity contribution in [3.63, 3.8) is 0 Å². The van der Waals surface area contributed by atoms with E-state index in [0.29, 0.717) is 0 Å². The van der Waals surface area contributed by atoms with Crippen LogP contribution in [0.1, 0.15) is 0 Å². The van der Waals surface area contributed by atoms with Gasteiger partial charge in [0.1, 0.15) is 19.8 Å². The highest BCUT2D eigenvalue weighted by Gasteiger charge is 2.35. The molecule has 0 atom stereocenters. The van der Waals surface area contributed by atoms with E-state index < -0.39 is 73.3 Å². The second-order valence-electron chi connectivity index (χ2n) is 6.44. The third-order valence-corrected chi connectivity index (χ3v) is 3.46. The van der Waals surface area contributed by atoms with Gasteiger partial charge in [0.15, 0.2) is 24.7 Å². The lowest BCUT2D eigenvalue weighted by atomic mass is 10.2. The Labute approximate surface area is 161 Å². The fourth-order valence-electron chi connectivity index (χ4n) is 2.07. The fraction of sp³-hybridized carbons (Fsp3) is 0.562. The lowest BCUT2D eigenvalue weighted by Gasteiger charge is -2.27. The molecule has 0 bridgehead atoms. The highest BCUT2D eigenvalue weighted by Crippen LogP contribution is 2.35. The minimum absolute atomic E-state index is 0.0925. The number of quaternary nitrogens is 1. The molecule has 0 saturated carbocycles. The predicted octanol–water partition coefficient (Wildman–Crippen LogP) is 2.74. The van der Waals surface area contributed by atoms with Crippen LogP contribution < -0.4 is 9.47 Å². The van der Waals surface area contributed by atoms with Gasteiger partial charge in [-0.2, -0.15) is 26.3 Å². The van der Waals surface area contributed by atoms with Crippen LogP contribution in [-0.2, 0) is 9.53 Å². The molecule has 0 unspecified atom stereocenters. The molecule has 0 aliphatic heterocycles. The van der Waals surface area contributed by atoms with Crippen molar-refractivity contribution in [1.29, 1.82) is 0 Å². The molecule has 0 amide bonds. The third kappa shape index (κ3) is 7.24. The molecule has 0 aliphatic rings. The SMILES string of the molecule is C[N+](C)(CCOc1c(F)c(F)c(OCC(F)(F)OCCF)c(F)c1F)CC(=O)O. The first kappa shape index (κ1) is 24.8. The number of carboxylic acids is 1.